The average molecular weight is 460 g/mol. The number of nitrogens with zero attached hydrogens (tertiary/aromatic N) is 1. The minimum atomic E-state index is -3.88. The second-order valence-electron chi connectivity index (χ2n) is 7.97. The lowest BCUT2D eigenvalue weighted by atomic mass is 10.0. The van der Waals surface area contributed by atoms with Crippen LogP contribution in [0.3, 0.4) is 0 Å². The largest absolute Gasteiger partial charge is 0.376 e. The van der Waals surface area contributed by atoms with Crippen LogP contribution in [0.5, 0.6) is 0 Å². The van der Waals surface area contributed by atoms with Gasteiger partial charge in [0.2, 0.25) is 21.8 Å². The van der Waals surface area contributed by atoms with E-state index in [9.17, 15) is 18.0 Å². The van der Waals surface area contributed by atoms with E-state index >= 15 is 0 Å². The van der Waals surface area contributed by atoms with Crippen molar-refractivity contribution in [2.24, 2.45) is 0 Å². The lowest BCUT2D eigenvalue weighted by Crippen LogP contribution is -2.51. The molecule has 0 spiro atoms. The van der Waals surface area contributed by atoms with Gasteiger partial charge in [-0.1, -0.05) is 18.5 Å². The maximum atomic E-state index is 12.8. The van der Waals surface area contributed by atoms with Crippen molar-refractivity contribution in [1.82, 2.24) is 14.9 Å². The van der Waals surface area contributed by atoms with Crippen molar-refractivity contribution in [2.45, 2.75) is 56.6 Å². The van der Waals surface area contributed by atoms with Crippen LogP contribution in [0.4, 0.5) is 0 Å². The van der Waals surface area contributed by atoms with Crippen molar-refractivity contribution >= 4 is 33.4 Å². The molecule has 30 heavy (non-hydrogen) atoms. The molecule has 1 heterocycles. The number of amides is 2. The van der Waals surface area contributed by atoms with Crippen LogP contribution >= 0.6 is 11.6 Å². The zero-order valence-electron chi connectivity index (χ0n) is 17.6. The van der Waals surface area contributed by atoms with Crippen LogP contribution in [0.1, 0.15) is 40.0 Å². The quantitative estimate of drug-likeness (QED) is 0.556. The highest BCUT2D eigenvalue weighted by molar-refractivity contribution is 7.89. The van der Waals surface area contributed by atoms with E-state index in [0.29, 0.717) is 11.6 Å². The molecule has 0 radical (unpaired) electrons. The van der Waals surface area contributed by atoms with Gasteiger partial charge in [-0.3, -0.25) is 9.59 Å². The zero-order chi connectivity index (χ0) is 22.4. The number of nitrogens with one attached hydrogen (secondary N) is 2. The molecule has 1 aliphatic heterocycles. The summed E-state index contributed by atoms with van der Waals surface area (Å²) in [4.78, 5) is 26.6. The minimum absolute atomic E-state index is 0.00724. The Labute approximate surface area is 183 Å². The van der Waals surface area contributed by atoms with Gasteiger partial charge in [0.15, 0.2) is 0 Å². The second-order valence-corrected chi connectivity index (χ2v) is 10.2. The number of rotatable bonds is 10. The smallest absolute Gasteiger partial charge is 0.241 e. The molecule has 0 saturated carbocycles. The summed E-state index contributed by atoms with van der Waals surface area (Å²) in [5.74, 6) is -0.791. The molecule has 0 aromatic heterocycles. The maximum absolute atomic E-state index is 12.8. The number of hydrogen-bond donors (Lipinski definition) is 2. The van der Waals surface area contributed by atoms with Crippen molar-refractivity contribution in [2.75, 3.05) is 26.2 Å². The first-order valence-electron chi connectivity index (χ1n) is 9.98. The predicted molar refractivity (Wildman–Crippen MR) is 115 cm³/mol. The highest BCUT2D eigenvalue weighted by Gasteiger charge is 2.27. The Morgan fingerprint density at radius 1 is 1.27 bits per heavy atom. The van der Waals surface area contributed by atoms with Crippen LogP contribution in [0.15, 0.2) is 29.2 Å². The molecule has 10 heteroatoms. The van der Waals surface area contributed by atoms with Crippen LogP contribution in [0, 0.1) is 0 Å². The van der Waals surface area contributed by atoms with Crippen molar-refractivity contribution in [3.8, 4) is 0 Å². The van der Waals surface area contributed by atoms with Crippen molar-refractivity contribution in [1.29, 1.82) is 0 Å². The fourth-order valence-corrected chi connectivity index (χ4v) is 4.03. The van der Waals surface area contributed by atoms with Gasteiger partial charge in [-0.15, -0.1) is 0 Å². The van der Waals surface area contributed by atoms with Crippen LogP contribution in [-0.4, -0.2) is 63.0 Å². The summed E-state index contributed by atoms with van der Waals surface area (Å²) in [5, 5.41) is 3.31. The van der Waals surface area contributed by atoms with E-state index in [1.54, 1.807) is 0 Å². The van der Waals surface area contributed by atoms with E-state index in [0.717, 1.165) is 19.3 Å². The first-order valence-corrected chi connectivity index (χ1v) is 11.8. The molecule has 0 aliphatic carbocycles. The SMILES string of the molecule is CCC(C)(C)NC(=O)CN(C[C@H]1CCCO1)C(=O)CNS(=O)(=O)c1ccc(Cl)cc1. The molecule has 8 nitrogen and oxygen atoms in total. The summed E-state index contributed by atoms with van der Waals surface area (Å²) < 4.78 is 32.8. The predicted octanol–water partition coefficient (Wildman–Crippen LogP) is 1.93. The van der Waals surface area contributed by atoms with Crippen molar-refractivity contribution in [3.05, 3.63) is 29.3 Å². The number of halogens is 1. The molecule has 1 aromatic carbocycles. The molecule has 0 unspecified atom stereocenters. The number of hydrogen-bond acceptors (Lipinski definition) is 5. The van der Waals surface area contributed by atoms with Gasteiger partial charge in [0.25, 0.3) is 0 Å². The summed E-state index contributed by atoms with van der Waals surface area (Å²) in [6.45, 7) is 6.00. The monoisotopic (exact) mass is 459 g/mol. The molecule has 1 aliphatic rings. The molecule has 0 bridgehead atoms. The third-order valence-corrected chi connectivity index (χ3v) is 6.70. The van der Waals surface area contributed by atoms with Gasteiger partial charge in [0, 0.05) is 23.7 Å². The van der Waals surface area contributed by atoms with Gasteiger partial charge >= 0.3 is 0 Å². The Morgan fingerprint density at radius 3 is 2.50 bits per heavy atom. The zero-order valence-corrected chi connectivity index (χ0v) is 19.2. The molecule has 1 atom stereocenters. The Hall–Kier alpha value is -1.68. The molecule has 2 amide bonds. The van der Waals surface area contributed by atoms with E-state index in [4.69, 9.17) is 16.3 Å². The van der Waals surface area contributed by atoms with E-state index < -0.39 is 28.0 Å². The topological polar surface area (TPSA) is 105 Å². The van der Waals surface area contributed by atoms with Gasteiger partial charge in [-0.05, 0) is 57.4 Å². The van der Waals surface area contributed by atoms with E-state index in [1.165, 1.54) is 29.2 Å². The standard InChI is InChI=1S/C20H30ClN3O5S/c1-4-20(2,3)23-18(25)14-24(13-16-6-5-11-29-16)19(26)12-22-30(27,28)17-9-7-15(21)8-10-17/h7-10,16,22H,4-6,11-14H2,1-3H3,(H,23,25)/t16-/m1/s1. The van der Waals surface area contributed by atoms with Crippen LogP contribution in [0.25, 0.3) is 0 Å². The van der Waals surface area contributed by atoms with Crippen molar-refractivity contribution < 1.29 is 22.7 Å². The van der Waals surface area contributed by atoms with Crippen LogP contribution in [0.2, 0.25) is 5.02 Å². The number of sulfonamides is 1. The van der Waals surface area contributed by atoms with Gasteiger partial charge < -0.3 is 15.0 Å². The molecule has 2 N–H and O–H groups in total. The molecular weight excluding hydrogens is 430 g/mol. The fraction of sp³-hybridized carbons (Fsp3) is 0.600. The summed E-state index contributed by atoms with van der Waals surface area (Å²) in [6, 6.07) is 5.64. The number of carbonyl (C=O) groups is 2. The highest BCUT2D eigenvalue weighted by Crippen LogP contribution is 2.15. The van der Waals surface area contributed by atoms with Gasteiger partial charge in [0.05, 0.1) is 24.1 Å². The number of benzene rings is 1. The normalized spacial score (nSPS) is 17.0. The number of carbonyl (C=O) groups excluding carboxylic acids is 2. The van der Waals surface area contributed by atoms with Gasteiger partial charge in [0.1, 0.15) is 0 Å². The van der Waals surface area contributed by atoms with Crippen LogP contribution < -0.4 is 10.0 Å². The fourth-order valence-electron chi connectivity index (χ4n) is 2.93. The third kappa shape index (κ3) is 7.54. The second kappa shape index (κ2) is 10.6. The Kier molecular flexibility index (Phi) is 8.66. The summed E-state index contributed by atoms with van der Waals surface area (Å²) in [6.07, 6.45) is 2.26. The first-order chi connectivity index (χ1) is 14.0. The summed E-state index contributed by atoms with van der Waals surface area (Å²) >= 11 is 5.79. The van der Waals surface area contributed by atoms with Crippen LogP contribution in [-0.2, 0) is 24.3 Å². The molecule has 1 saturated heterocycles. The maximum Gasteiger partial charge on any atom is 0.241 e. The van der Waals surface area contributed by atoms with Gasteiger partial charge in [-0.25, -0.2) is 13.1 Å². The minimum Gasteiger partial charge on any atom is -0.376 e. The lowest BCUT2D eigenvalue weighted by Gasteiger charge is -2.29. The Balaban J connectivity index is 2.03. The molecule has 1 aromatic rings. The average Bonchev–Trinajstić information content (AvgIpc) is 3.18. The molecular formula is C20H30ClN3O5S. The molecule has 1 fully saturated rings. The third-order valence-electron chi connectivity index (χ3n) is 5.03. The summed E-state index contributed by atoms with van der Waals surface area (Å²) in [7, 11) is -3.88. The molecule has 168 valence electrons. The van der Waals surface area contributed by atoms with E-state index in [1.807, 2.05) is 20.8 Å². The Bertz CT molecular complexity index is 837. The van der Waals surface area contributed by atoms with Crippen molar-refractivity contribution in [3.63, 3.8) is 0 Å². The van der Waals surface area contributed by atoms with E-state index in [2.05, 4.69) is 10.0 Å². The number of ether oxygens (including phenoxy) is 1. The van der Waals surface area contributed by atoms with Gasteiger partial charge in [-0.2, -0.15) is 0 Å². The lowest BCUT2D eigenvalue weighted by molar-refractivity contribution is -0.137. The first kappa shape index (κ1) is 24.6. The summed E-state index contributed by atoms with van der Waals surface area (Å²) in [5.41, 5.74) is -0.397. The highest BCUT2D eigenvalue weighted by atomic mass is 35.5. The van der Waals surface area contributed by atoms with E-state index in [-0.39, 0.29) is 30.0 Å². The Morgan fingerprint density at radius 2 is 1.93 bits per heavy atom. The molecule has 2 rings (SSSR count).